The first-order valence-corrected chi connectivity index (χ1v) is 4.48. The Hall–Kier alpha value is -0.790. The Morgan fingerprint density at radius 3 is 2.23 bits per heavy atom. The van der Waals surface area contributed by atoms with Crippen LogP contribution in [0.4, 0.5) is 0 Å². The summed E-state index contributed by atoms with van der Waals surface area (Å²) in [5, 5.41) is 1.13. The summed E-state index contributed by atoms with van der Waals surface area (Å²) < 4.78 is 0. The third-order valence-corrected chi connectivity index (χ3v) is 1.83. The molecule has 13 heavy (non-hydrogen) atoms. The lowest BCUT2D eigenvalue weighted by Crippen LogP contribution is -1.80. The topological polar surface area (TPSA) is 17.1 Å². The van der Waals surface area contributed by atoms with Gasteiger partial charge in [-0.1, -0.05) is 29.3 Å². The Morgan fingerprint density at radius 1 is 1.23 bits per heavy atom. The van der Waals surface area contributed by atoms with Crippen LogP contribution in [0.2, 0.25) is 10.0 Å². The molecular formula is C10H8Cl2O. The molecule has 0 atom stereocenters. The van der Waals surface area contributed by atoms with Crippen LogP contribution < -0.4 is 0 Å². The maximum Gasteiger partial charge on any atom is 0.152 e. The zero-order chi connectivity index (χ0) is 9.84. The van der Waals surface area contributed by atoms with Crippen molar-refractivity contribution in [3.05, 3.63) is 39.9 Å². The van der Waals surface area contributed by atoms with Gasteiger partial charge in [0.05, 0.1) is 0 Å². The van der Waals surface area contributed by atoms with Crippen LogP contribution in [-0.2, 0) is 4.79 Å². The Morgan fingerprint density at radius 2 is 1.77 bits per heavy atom. The Bertz CT molecular complexity index is 336. The molecule has 0 aliphatic carbocycles. The summed E-state index contributed by atoms with van der Waals surface area (Å²) in [7, 11) is 0. The number of halogens is 2. The van der Waals surface area contributed by atoms with Crippen LogP contribution in [0.15, 0.2) is 24.3 Å². The molecule has 0 unspecified atom stereocenters. The third-order valence-electron chi connectivity index (χ3n) is 1.40. The predicted octanol–water partition coefficient (Wildman–Crippen LogP) is 3.60. The number of rotatable bonds is 2. The molecule has 1 nitrogen and oxygen atoms in total. The van der Waals surface area contributed by atoms with Crippen LogP contribution in [0.1, 0.15) is 12.5 Å². The fraction of sp³-hybridized carbons (Fsp3) is 0.100. The van der Waals surface area contributed by atoms with E-state index in [4.69, 9.17) is 23.2 Å². The minimum Gasteiger partial charge on any atom is -0.295 e. The summed E-state index contributed by atoms with van der Waals surface area (Å²) in [5.41, 5.74) is 0.827. The quantitative estimate of drug-likeness (QED) is 0.689. The van der Waals surface area contributed by atoms with Gasteiger partial charge in [0, 0.05) is 10.0 Å². The van der Waals surface area contributed by atoms with Crippen molar-refractivity contribution in [1.29, 1.82) is 0 Å². The highest BCUT2D eigenvalue weighted by Crippen LogP contribution is 2.19. The summed E-state index contributed by atoms with van der Waals surface area (Å²) in [4.78, 5) is 10.6. The number of allylic oxidation sites excluding steroid dienone is 1. The highest BCUT2D eigenvalue weighted by Gasteiger charge is 1.94. The van der Waals surface area contributed by atoms with Gasteiger partial charge in [-0.05, 0) is 36.8 Å². The van der Waals surface area contributed by atoms with Crippen molar-refractivity contribution in [2.75, 3.05) is 0 Å². The molecule has 0 aliphatic heterocycles. The maximum atomic E-state index is 10.6. The van der Waals surface area contributed by atoms with E-state index in [9.17, 15) is 4.79 Å². The van der Waals surface area contributed by atoms with Crippen molar-refractivity contribution >= 4 is 35.1 Å². The molecule has 0 aromatic heterocycles. The van der Waals surface area contributed by atoms with Gasteiger partial charge in [-0.15, -0.1) is 0 Å². The molecule has 0 heterocycles. The van der Waals surface area contributed by atoms with Gasteiger partial charge in [-0.2, -0.15) is 0 Å². The standard InChI is InChI=1S/C10H8Cl2O/c1-7(13)2-3-8-4-9(11)6-10(12)5-8/h2-6H,1H3/b3-2+. The molecule has 0 amide bonds. The number of ketones is 1. The van der Waals surface area contributed by atoms with Crippen LogP contribution in [0.5, 0.6) is 0 Å². The highest BCUT2D eigenvalue weighted by molar-refractivity contribution is 6.34. The van der Waals surface area contributed by atoms with E-state index in [2.05, 4.69) is 0 Å². The molecule has 0 saturated heterocycles. The molecule has 68 valence electrons. The Labute approximate surface area is 87.0 Å². The van der Waals surface area contributed by atoms with E-state index in [1.165, 1.54) is 13.0 Å². The van der Waals surface area contributed by atoms with Crippen LogP contribution in [-0.4, -0.2) is 5.78 Å². The van der Waals surface area contributed by atoms with E-state index in [1.54, 1.807) is 24.3 Å². The maximum absolute atomic E-state index is 10.6. The van der Waals surface area contributed by atoms with Crippen molar-refractivity contribution in [2.45, 2.75) is 6.92 Å². The summed E-state index contributed by atoms with van der Waals surface area (Å²) in [6.45, 7) is 1.49. The smallest absolute Gasteiger partial charge is 0.152 e. The van der Waals surface area contributed by atoms with Gasteiger partial charge in [0.2, 0.25) is 0 Å². The van der Waals surface area contributed by atoms with Crippen LogP contribution >= 0.6 is 23.2 Å². The van der Waals surface area contributed by atoms with Crippen LogP contribution in [0.3, 0.4) is 0 Å². The number of carbonyl (C=O) groups is 1. The van der Waals surface area contributed by atoms with Crippen LogP contribution in [0.25, 0.3) is 6.08 Å². The van der Waals surface area contributed by atoms with E-state index in [0.717, 1.165) is 5.56 Å². The number of benzene rings is 1. The normalized spacial score (nSPS) is 10.7. The average molecular weight is 215 g/mol. The van der Waals surface area contributed by atoms with Crippen molar-refractivity contribution in [3.63, 3.8) is 0 Å². The molecule has 0 radical (unpaired) electrons. The summed E-state index contributed by atoms with van der Waals surface area (Å²) in [5.74, 6) is -0.00361. The van der Waals surface area contributed by atoms with Gasteiger partial charge in [-0.3, -0.25) is 4.79 Å². The number of hydrogen-bond donors (Lipinski definition) is 0. The first-order valence-electron chi connectivity index (χ1n) is 3.72. The van der Waals surface area contributed by atoms with Gasteiger partial charge >= 0.3 is 0 Å². The van der Waals surface area contributed by atoms with Crippen molar-refractivity contribution in [1.82, 2.24) is 0 Å². The average Bonchev–Trinajstić information content (AvgIpc) is 1.99. The molecule has 0 bridgehead atoms. The van der Waals surface area contributed by atoms with Crippen molar-refractivity contribution in [3.8, 4) is 0 Å². The van der Waals surface area contributed by atoms with E-state index in [0.29, 0.717) is 10.0 Å². The molecule has 0 saturated carbocycles. The van der Waals surface area contributed by atoms with Gasteiger partial charge in [-0.25, -0.2) is 0 Å². The lowest BCUT2D eigenvalue weighted by Gasteiger charge is -1.96. The second-order valence-corrected chi connectivity index (χ2v) is 3.52. The van der Waals surface area contributed by atoms with Crippen molar-refractivity contribution in [2.24, 2.45) is 0 Å². The van der Waals surface area contributed by atoms with E-state index >= 15 is 0 Å². The first kappa shape index (κ1) is 10.3. The first-order chi connectivity index (χ1) is 6.08. The van der Waals surface area contributed by atoms with Crippen molar-refractivity contribution < 1.29 is 4.79 Å². The van der Waals surface area contributed by atoms with Gasteiger partial charge < -0.3 is 0 Å². The van der Waals surface area contributed by atoms with E-state index in [1.807, 2.05) is 0 Å². The molecule has 0 spiro atoms. The highest BCUT2D eigenvalue weighted by atomic mass is 35.5. The molecule has 0 N–H and O–H groups in total. The summed E-state index contributed by atoms with van der Waals surface area (Å²) in [6, 6.07) is 5.13. The number of carbonyl (C=O) groups excluding carboxylic acids is 1. The zero-order valence-corrected chi connectivity index (χ0v) is 8.56. The predicted molar refractivity (Wildman–Crippen MR) is 56.2 cm³/mol. The van der Waals surface area contributed by atoms with Gasteiger partial charge in [0.25, 0.3) is 0 Å². The van der Waals surface area contributed by atoms with E-state index in [-0.39, 0.29) is 5.78 Å². The molecule has 1 aromatic rings. The second kappa shape index (κ2) is 4.45. The van der Waals surface area contributed by atoms with E-state index < -0.39 is 0 Å². The summed E-state index contributed by atoms with van der Waals surface area (Å²) >= 11 is 11.5. The minimum atomic E-state index is -0.00361. The minimum absolute atomic E-state index is 0.00361. The van der Waals surface area contributed by atoms with Crippen LogP contribution in [0, 0.1) is 0 Å². The fourth-order valence-corrected chi connectivity index (χ4v) is 1.43. The SMILES string of the molecule is CC(=O)/C=C/c1cc(Cl)cc(Cl)c1. The number of hydrogen-bond acceptors (Lipinski definition) is 1. The molecule has 0 fully saturated rings. The molecule has 1 rings (SSSR count). The Kier molecular flexibility index (Phi) is 3.52. The van der Waals surface area contributed by atoms with Gasteiger partial charge in [0.15, 0.2) is 5.78 Å². The molecular weight excluding hydrogens is 207 g/mol. The van der Waals surface area contributed by atoms with Gasteiger partial charge in [0.1, 0.15) is 0 Å². The molecule has 1 aromatic carbocycles. The lowest BCUT2D eigenvalue weighted by atomic mass is 10.2. The monoisotopic (exact) mass is 214 g/mol. The molecule has 0 aliphatic rings. The third kappa shape index (κ3) is 3.62. The molecule has 3 heteroatoms. The zero-order valence-electron chi connectivity index (χ0n) is 7.05. The lowest BCUT2D eigenvalue weighted by molar-refractivity contribution is -0.112. The fourth-order valence-electron chi connectivity index (χ4n) is 0.885. The summed E-state index contributed by atoms with van der Waals surface area (Å²) in [6.07, 6.45) is 3.15. The largest absolute Gasteiger partial charge is 0.295 e. The second-order valence-electron chi connectivity index (χ2n) is 2.65. The Balaban J connectivity index is 2.95.